The van der Waals surface area contributed by atoms with Crippen LogP contribution in [0.2, 0.25) is 5.02 Å². The number of hydrogen-bond donors (Lipinski definition) is 0. The lowest BCUT2D eigenvalue weighted by molar-refractivity contribution is -0.152. The van der Waals surface area contributed by atoms with Crippen LogP contribution in [0.5, 0.6) is 11.5 Å². The molecule has 0 saturated heterocycles. The highest BCUT2D eigenvalue weighted by Gasteiger charge is 2.40. The summed E-state index contributed by atoms with van der Waals surface area (Å²) in [6.45, 7) is 0.213. The Bertz CT molecular complexity index is 1360. The average Bonchev–Trinajstić information content (AvgIpc) is 3.21. The van der Waals surface area contributed by atoms with Gasteiger partial charge in [0.25, 0.3) is 0 Å². The first-order valence-electron chi connectivity index (χ1n) is 9.29. The summed E-state index contributed by atoms with van der Waals surface area (Å²) in [6.07, 6.45) is -2.41. The van der Waals surface area contributed by atoms with Gasteiger partial charge in [-0.05, 0) is 23.8 Å². The van der Waals surface area contributed by atoms with Crippen LogP contribution in [0.3, 0.4) is 0 Å². The van der Waals surface area contributed by atoms with Gasteiger partial charge in [-0.15, -0.1) is 0 Å². The van der Waals surface area contributed by atoms with E-state index in [9.17, 15) is 18.0 Å². The van der Waals surface area contributed by atoms with Gasteiger partial charge in [0.05, 0.1) is 37.9 Å². The number of halogens is 4. The van der Waals surface area contributed by atoms with Crippen molar-refractivity contribution in [1.82, 2.24) is 9.78 Å². The van der Waals surface area contributed by atoms with Crippen LogP contribution in [0.4, 0.5) is 13.2 Å². The molecule has 0 aliphatic carbocycles. The standard InChI is InChI=1S/C22H16ClF3N2O4/c1-30-16-8-7-14-18(29)17(21(22(24,25)26)32-19(14)20(16)31-2)13-9-27-28(11-13)10-12-5-3-4-6-15(12)23/h3-9,11H,10H2,1-2H3. The molecule has 4 rings (SSSR count). The SMILES string of the molecule is COc1ccc2c(=O)c(-c3cnn(Cc4ccccc4Cl)c3)c(C(F)(F)F)oc2c1OC. The molecule has 2 aromatic heterocycles. The van der Waals surface area contributed by atoms with Crippen molar-refractivity contribution in [3.63, 3.8) is 0 Å². The predicted molar refractivity (Wildman–Crippen MR) is 112 cm³/mol. The largest absolute Gasteiger partial charge is 0.493 e. The van der Waals surface area contributed by atoms with Crippen molar-refractivity contribution in [3.05, 3.63) is 75.4 Å². The molecule has 2 heterocycles. The van der Waals surface area contributed by atoms with Crippen molar-refractivity contribution in [3.8, 4) is 22.6 Å². The molecule has 0 unspecified atom stereocenters. The minimum absolute atomic E-state index is 0.0326. The van der Waals surface area contributed by atoms with Crippen LogP contribution in [0, 0.1) is 0 Å². The van der Waals surface area contributed by atoms with E-state index in [1.54, 1.807) is 24.3 Å². The first-order valence-corrected chi connectivity index (χ1v) is 9.67. The molecule has 166 valence electrons. The molecule has 0 aliphatic rings. The van der Waals surface area contributed by atoms with Gasteiger partial charge in [-0.3, -0.25) is 9.48 Å². The molecule has 0 saturated carbocycles. The smallest absolute Gasteiger partial charge is 0.450 e. The highest BCUT2D eigenvalue weighted by Crippen LogP contribution is 2.41. The Morgan fingerprint density at radius 3 is 2.53 bits per heavy atom. The number of hydrogen-bond acceptors (Lipinski definition) is 5. The second-order valence-electron chi connectivity index (χ2n) is 6.83. The van der Waals surface area contributed by atoms with E-state index in [-0.39, 0.29) is 34.6 Å². The van der Waals surface area contributed by atoms with Crippen molar-refractivity contribution in [2.24, 2.45) is 0 Å². The molecule has 0 N–H and O–H groups in total. The molecular weight excluding hydrogens is 449 g/mol. The van der Waals surface area contributed by atoms with E-state index in [1.807, 2.05) is 0 Å². The Morgan fingerprint density at radius 1 is 1.12 bits per heavy atom. The number of aromatic nitrogens is 2. The highest BCUT2D eigenvalue weighted by molar-refractivity contribution is 6.31. The van der Waals surface area contributed by atoms with Crippen molar-refractivity contribution < 1.29 is 27.1 Å². The quantitative estimate of drug-likeness (QED) is 0.396. The maximum Gasteiger partial charge on any atom is 0.450 e. The molecule has 4 aromatic rings. The third-order valence-corrected chi connectivity index (χ3v) is 5.24. The lowest BCUT2D eigenvalue weighted by Gasteiger charge is -2.14. The number of methoxy groups -OCH3 is 2. The summed E-state index contributed by atoms with van der Waals surface area (Å²) < 4.78 is 58.6. The van der Waals surface area contributed by atoms with Crippen LogP contribution < -0.4 is 14.9 Å². The minimum atomic E-state index is -4.94. The Morgan fingerprint density at radius 2 is 1.88 bits per heavy atom. The third-order valence-electron chi connectivity index (χ3n) is 4.87. The number of rotatable bonds is 5. The molecule has 32 heavy (non-hydrogen) atoms. The van der Waals surface area contributed by atoms with Gasteiger partial charge in [-0.1, -0.05) is 29.8 Å². The summed E-state index contributed by atoms with van der Waals surface area (Å²) in [5.41, 5.74) is -1.16. The summed E-state index contributed by atoms with van der Waals surface area (Å²) in [5.74, 6) is -1.41. The Labute approximate surface area is 184 Å². The normalized spacial score (nSPS) is 11.7. The molecule has 0 atom stereocenters. The fourth-order valence-corrected chi connectivity index (χ4v) is 3.61. The van der Waals surface area contributed by atoms with Crippen LogP contribution in [0.1, 0.15) is 11.3 Å². The second kappa shape index (κ2) is 8.23. The Balaban J connectivity index is 1.91. The molecule has 10 heteroatoms. The first-order chi connectivity index (χ1) is 15.2. The highest BCUT2D eigenvalue weighted by atomic mass is 35.5. The summed E-state index contributed by atoms with van der Waals surface area (Å²) in [6, 6.07) is 9.78. The zero-order valence-corrected chi connectivity index (χ0v) is 17.6. The van der Waals surface area contributed by atoms with Gasteiger partial charge < -0.3 is 13.9 Å². The second-order valence-corrected chi connectivity index (χ2v) is 7.24. The summed E-state index contributed by atoms with van der Waals surface area (Å²) in [7, 11) is 2.57. The van der Waals surface area contributed by atoms with Crippen molar-refractivity contribution in [1.29, 1.82) is 0 Å². The topological polar surface area (TPSA) is 66.5 Å². The van der Waals surface area contributed by atoms with Crippen LogP contribution >= 0.6 is 11.6 Å². The number of nitrogens with zero attached hydrogens (tertiary/aromatic N) is 2. The molecule has 2 aromatic carbocycles. The van der Waals surface area contributed by atoms with Gasteiger partial charge in [-0.25, -0.2) is 0 Å². The number of alkyl halides is 3. The van der Waals surface area contributed by atoms with Gasteiger partial charge >= 0.3 is 6.18 Å². The summed E-state index contributed by atoms with van der Waals surface area (Å²) in [4.78, 5) is 13.2. The van der Waals surface area contributed by atoms with E-state index in [2.05, 4.69) is 5.10 Å². The number of ether oxygens (including phenoxy) is 2. The third kappa shape index (κ3) is 3.80. The van der Waals surface area contributed by atoms with Gasteiger partial charge in [0.15, 0.2) is 11.3 Å². The van der Waals surface area contributed by atoms with Crippen LogP contribution in [0.15, 0.2) is 58.0 Å². The lowest BCUT2D eigenvalue weighted by Crippen LogP contribution is -2.16. The monoisotopic (exact) mass is 464 g/mol. The van der Waals surface area contributed by atoms with E-state index in [4.69, 9.17) is 25.5 Å². The average molecular weight is 465 g/mol. The fourth-order valence-electron chi connectivity index (χ4n) is 3.41. The van der Waals surface area contributed by atoms with Crippen molar-refractivity contribution in [2.45, 2.75) is 12.7 Å². The van der Waals surface area contributed by atoms with E-state index in [0.717, 1.165) is 5.56 Å². The Kier molecular flexibility index (Phi) is 5.60. The lowest BCUT2D eigenvalue weighted by atomic mass is 10.0. The van der Waals surface area contributed by atoms with Gasteiger partial charge in [0.2, 0.25) is 16.9 Å². The Hall–Kier alpha value is -3.46. The van der Waals surface area contributed by atoms with Crippen LogP contribution in [-0.4, -0.2) is 24.0 Å². The first kappa shape index (κ1) is 21.8. The minimum Gasteiger partial charge on any atom is -0.493 e. The van der Waals surface area contributed by atoms with Crippen molar-refractivity contribution in [2.75, 3.05) is 14.2 Å². The van der Waals surface area contributed by atoms with Crippen molar-refractivity contribution >= 4 is 22.6 Å². The zero-order valence-electron chi connectivity index (χ0n) is 16.9. The van der Waals surface area contributed by atoms with E-state index >= 15 is 0 Å². The molecule has 0 radical (unpaired) electrons. The molecular formula is C22H16ClF3N2O4. The van der Waals surface area contributed by atoms with Gasteiger partial charge in [-0.2, -0.15) is 18.3 Å². The number of benzene rings is 2. The molecule has 0 fully saturated rings. The van der Waals surface area contributed by atoms with E-state index in [1.165, 1.54) is 43.4 Å². The fraction of sp³-hybridized carbons (Fsp3) is 0.182. The van der Waals surface area contributed by atoms with E-state index in [0.29, 0.717) is 5.02 Å². The van der Waals surface area contributed by atoms with Crippen LogP contribution in [-0.2, 0) is 12.7 Å². The molecule has 0 amide bonds. The summed E-state index contributed by atoms with van der Waals surface area (Å²) >= 11 is 6.15. The summed E-state index contributed by atoms with van der Waals surface area (Å²) in [5, 5.41) is 4.51. The van der Waals surface area contributed by atoms with E-state index < -0.39 is 22.9 Å². The zero-order chi connectivity index (χ0) is 23.0. The molecule has 0 bridgehead atoms. The maximum atomic E-state index is 13.9. The molecule has 0 spiro atoms. The van der Waals surface area contributed by atoms with Gasteiger partial charge in [0.1, 0.15) is 0 Å². The predicted octanol–water partition coefficient (Wildman–Crippen LogP) is 5.39. The maximum absolute atomic E-state index is 13.9. The molecule has 6 nitrogen and oxygen atoms in total. The van der Waals surface area contributed by atoms with Gasteiger partial charge in [0, 0.05) is 16.8 Å². The number of fused-ring (bicyclic) bond motifs is 1. The van der Waals surface area contributed by atoms with Crippen LogP contribution in [0.25, 0.3) is 22.1 Å². The molecule has 0 aliphatic heterocycles.